The Hall–Kier alpha value is -2.51. The number of guanidine groups is 1. The second-order valence-corrected chi connectivity index (χ2v) is 4.63. The average Bonchev–Trinajstić information content (AvgIpc) is 3.06. The van der Waals surface area contributed by atoms with Gasteiger partial charge in [0.2, 0.25) is 5.91 Å². The number of hydrogen-bond acceptors (Lipinski definition) is 3. The van der Waals surface area contributed by atoms with E-state index in [-0.39, 0.29) is 30.4 Å². The average molecular weight is 278 g/mol. The second-order valence-electron chi connectivity index (χ2n) is 4.63. The van der Waals surface area contributed by atoms with E-state index in [0.29, 0.717) is 18.8 Å². The minimum Gasteiger partial charge on any atom is -0.370 e. The van der Waals surface area contributed by atoms with Gasteiger partial charge in [-0.2, -0.15) is 0 Å². The number of rotatable bonds is 4. The molecule has 0 spiro atoms. The van der Waals surface area contributed by atoms with E-state index in [4.69, 9.17) is 11.5 Å². The molecule has 20 heavy (non-hydrogen) atoms. The molecule has 1 aliphatic rings. The molecule has 1 aromatic rings. The van der Waals surface area contributed by atoms with Crippen molar-refractivity contribution >= 4 is 17.8 Å². The van der Waals surface area contributed by atoms with Gasteiger partial charge in [0, 0.05) is 25.3 Å². The molecule has 0 aromatic carbocycles. The predicted octanol–water partition coefficient (Wildman–Crippen LogP) is -1.38. The summed E-state index contributed by atoms with van der Waals surface area (Å²) in [5.74, 6) is -0.427. The van der Waals surface area contributed by atoms with Gasteiger partial charge in [-0.1, -0.05) is 0 Å². The summed E-state index contributed by atoms with van der Waals surface area (Å²) in [7, 11) is 0. The minimum absolute atomic E-state index is 0.0593. The van der Waals surface area contributed by atoms with Gasteiger partial charge in [-0.25, -0.2) is 4.99 Å². The van der Waals surface area contributed by atoms with Crippen molar-refractivity contribution in [3.63, 3.8) is 0 Å². The third-order valence-corrected chi connectivity index (χ3v) is 3.07. The van der Waals surface area contributed by atoms with Gasteiger partial charge < -0.3 is 26.7 Å². The number of aromatic amines is 1. The van der Waals surface area contributed by atoms with Gasteiger partial charge in [0.15, 0.2) is 5.96 Å². The van der Waals surface area contributed by atoms with Crippen LogP contribution in [0.4, 0.5) is 0 Å². The Morgan fingerprint density at radius 2 is 2.30 bits per heavy atom. The summed E-state index contributed by atoms with van der Waals surface area (Å²) >= 11 is 0. The topological polar surface area (TPSA) is 130 Å². The number of carbonyl (C=O) groups excluding carboxylic acids is 2. The molecule has 0 bridgehead atoms. The maximum atomic E-state index is 12.1. The first-order valence-electron chi connectivity index (χ1n) is 6.33. The van der Waals surface area contributed by atoms with E-state index in [0.717, 1.165) is 6.42 Å². The quantitative estimate of drug-likeness (QED) is 0.399. The molecule has 1 aliphatic heterocycles. The van der Waals surface area contributed by atoms with Crippen LogP contribution in [0.25, 0.3) is 0 Å². The Balaban J connectivity index is 1.82. The van der Waals surface area contributed by atoms with E-state index < -0.39 is 0 Å². The molecule has 2 rings (SSSR count). The normalized spacial score (nSPS) is 17.8. The number of H-pyrrole nitrogens is 1. The molecule has 6 N–H and O–H groups in total. The summed E-state index contributed by atoms with van der Waals surface area (Å²) in [4.78, 5) is 31.9. The fourth-order valence-electron chi connectivity index (χ4n) is 2.13. The van der Waals surface area contributed by atoms with Crippen LogP contribution in [0, 0.1) is 0 Å². The molecule has 2 amide bonds. The van der Waals surface area contributed by atoms with E-state index in [9.17, 15) is 9.59 Å². The summed E-state index contributed by atoms with van der Waals surface area (Å²) in [6.45, 7) is 1.01. The predicted molar refractivity (Wildman–Crippen MR) is 73.9 cm³/mol. The maximum absolute atomic E-state index is 12.1. The highest BCUT2D eigenvalue weighted by Gasteiger charge is 2.28. The van der Waals surface area contributed by atoms with Crippen LogP contribution in [0.2, 0.25) is 0 Å². The Bertz CT molecular complexity index is 506. The Kier molecular flexibility index (Phi) is 4.24. The summed E-state index contributed by atoms with van der Waals surface area (Å²) in [6.07, 6.45) is 2.43. The summed E-state index contributed by atoms with van der Waals surface area (Å²) < 4.78 is 0. The van der Waals surface area contributed by atoms with Crippen LogP contribution in [0.1, 0.15) is 16.9 Å². The van der Waals surface area contributed by atoms with Gasteiger partial charge in [0.25, 0.3) is 5.91 Å². The molecule has 0 saturated carbocycles. The molecule has 1 unspecified atom stereocenters. The van der Waals surface area contributed by atoms with Gasteiger partial charge >= 0.3 is 0 Å². The van der Waals surface area contributed by atoms with Crippen LogP contribution in [0.3, 0.4) is 0 Å². The van der Waals surface area contributed by atoms with Crippen molar-refractivity contribution in [1.82, 2.24) is 15.2 Å². The number of aliphatic imine (C=N–C) groups is 1. The number of hydrogen-bond donors (Lipinski definition) is 4. The van der Waals surface area contributed by atoms with Crippen LogP contribution in [-0.4, -0.2) is 53.3 Å². The molecule has 1 aromatic heterocycles. The second kappa shape index (κ2) is 6.09. The molecule has 8 nitrogen and oxygen atoms in total. The van der Waals surface area contributed by atoms with Gasteiger partial charge in [-0.3, -0.25) is 9.59 Å². The maximum Gasteiger partial charge on any atom is 0.270 e. The van der Waals surface area contributed by atoms with Crippen LogP contribution >= 0.6 is 0 Å². The summed E-state index contributed by atoms with van der Waals surface area (Å²) in [6, 6.07) is 3.45. The van der Waals surface area contributed by atoms with E-state index in [1.807, 2.05) is 0 Å². The zero-order chi connectivity index (χ0) is 14.5. The Morgan fingerprint density at radius 1 is 1.50 bits per heavy atom. The van der Waals surface area contributed by atoms with Gasteiger partial charge in [0.1, 0.15) is 12.2 Å². The van der Waals surface area contributed by atoms with Gasteiger partial charge in [-0.05, 0) is 18.6 Å². The summed E-state index contributed by atoms with van der Waals surface area (Å²) in [5.41, 5.74) is 10.9. The number of nitrogens with one attached hydrogen (secondary N) is 2. The number of carbonyl (C=O) groups is 2. The molecule has 8 heteroatoms. The molecule has 108 valence electrons. The van der Waals surface area contributed by atoms with Crippen molar-refractivity contribution in [2.24, 2.45) is 16.5 Å². The zero-order valence-electron chi connectivity index (χ0n) is 11.0. The monoisotopic (exact) mass is 278 g/mol. The molecule has 0 radical (unpaired) electrons. The number of aromatic nitrogens is 1. The lowest BCUT2D eigenvalue weighted by atomic mass is 10.2. The lowest BCUT2D eigenvalue weighted by Gasteiger charge is -2.16. The van der Waals surface area contributed by atoms with Crippen molar-refractivity contribution in [3.8, 4) is 0 Å². The van der Waals surface area contributed by atoms with Gasteiger partial charge in [-0.15, -0.1) is 0 Å². The van der Waals surface area contributed by atoms with Crippen LogP contribution in [0.15, 0.2) is 23.3 Å². The van der Waals surface area contributed by atoms with E-state index >= 15 is 0 Å². The number of likely N-dealkylation sites (tertiary alicyclic amines) is 1. The first-order chi connectivity index (χ1) is 9.56. The van der Waals surface area contributed by atoms with Gasteiger partial charge in [0.05, 0.1) is 0 Å². The third kappa shape index (κ3) is 3.50. The Labute approximate surface area is 116 Å². The first kappa shape index (κ1) is 13.9. The highest BCUT2D eigenvalue weighted by atomic mass is 16.2. The summed E-state index contributed by atoms with van der Waals surface area (Å²) in [5, 5.41) is 2.80. The molecular formula is C12H18N6O2. The van der Waals surface area contributed by atoms with Crippen LogP contribution in [0.5, 0.6) is 0 Å². The molecular weight excluding hydrogens is 260 g/mol. The number of amides is 2. The lowest BCUT2D eigenvalue weighted by molar-refractivity contribution is -0.120. The zero-order valence-corrected chi connectivity index (χ0v) is 11.0. The van der Waals surface area contributed by atoms with Crippen LogP contribution in [-0.2, 0) is 4.79 Å². The SMILES string of the molecule is NC(N)=NCC(=O)NC1CCN(C(=O)c2ccc[nH]2)C1. The Morgan fingerprint density at radius 3 is 2.95 bits per heavy atom. The number of nitrogens with zero attached hydrogens (tertiary/aromatic N) is 2. The fraction of sp³-hybridized carbons (Fsp3) is 0.417. The largest absolute Gasteiger partial charge is 0.370 e. The van der Waals surface area contributed by atoms with E-state index in [1.165, 1.54) is 0 Å². The minimum atomic E-state index is -0.252. The van der Waals surface area contributed by atoms with Crippen molar-refractivity contribution < 1.29 is 9.59 Å². The highest BCUT2D eigenvalue weighted by Crippen LogP contribution is 2.12. The smallest absolute Gasteiger partial charge is 0.270 e. The molecule has 0 aliphatic carbocycles. The van der Waals surface area contributed by atoms with Crippen molar-refractivity contribution in [1.29, 1.82) is 0 Å². The molecule has 1 atom stereocenters. The molecule has 2 heterocycles. The van der Waals surface area contributed by atoms with Crippen molar-refractivity contribution in [2.75, 3.05) is 19.6 Å². The first-order valence-corrected chi connectivity index (χ1v) is 6.33. The standard InChI is InChI=1S/C12H18N6O2/c13-12(14)16-6-10(19)17-8-3-5-18(7-8)11(20)9-2-1-4-15-9/h1-2,4,8,15H,3,5-7H2,(H,17,19)(H4,13,14,16). The van der Waals surface area contributed by atoms with E-state index in [1.54, 1.807) is 23.2 Å². The molecule has 1 saturated heterocycles. The van der Waals surface area contributed by atoms with Crippen LogP contribution < -0.4 is 16.8 Å². The van der Waals surface area contributed by atoms with Crippen molar-refractivity contribution in [2.45, 2.75) is 12.5 Å². The van der Waals surface area contributed by atoms with Crippen molar-refractivity contribution in [3.05, 3.63) is 24.0 Å². The highest BCUT2D eigenvalue weighted by molar-refractivity contribution is 5.92. The number of nitrogens with two attached hydrogens (primary N) is 2. The third-order valence-electron chi connectivity index (χ3n) is 3.07. The molecule has 1 fully saturated rings. The fourth-order valence-corrected chi connectivity index (χ4v) is 2.13. The lowest BCUT2D eigenvalue weighted by Crippen LogP contribution is -2.40. The van der Waals surface area contributed by atoms with E-state index in [2.05, 4.69) is 15.3 Å².